The van der Waals surface area contributed by atoms with Crippen LogP contribution in [0.2, 0.25) is 0 Å². The Morgan fingerprint density at radius 2 is 1.97 bits per heavy atom. The Morgan fingerprint density at radius 3 is 2.60 bits per heavy atom. The van der Waals surface area contributed by atoms with Crippen LogP contribution in [0.3, 0.4) is 0 Å². The second-order valence-corrected chi connectivity index (χ2v) is 9.93. The molecule has 1 unspecified atom stereocenters. The molecule has 0 fully saturated rings. The Bertz CT molecular complexity index is 1150. The molecular formula is C20H22N6O7S2. The largest absolute Gasteiger partial charge is 0.391 e. The van der Waals surface area contributed by atoms with E-state index in [1.165, 1.54) is 30.0 Å². The summed E-state index contributed by atoms with van der Waals surface area (Å²) in [6.07, 6.45) is 0.569. The van der Waals surface area contributed by atoms with Crippen molar-refractivity contribution in [2.24, 2.45) is 5.11 Å². The van der Waals surface area contributed by atoms with Crippen LogP contribution in [0.5, 0.6) is 0 Å². The number of thioether (sulfide) groups is 1. The minimum atomic E-state index is -1.07. The first-order valence-corrected chi connectivity index (χ1v) is 11.5. The van der Waals surface area contributed by atoms with Gasteiger partial charge in [-0.3, -0.25) is 25.0 Å². The van der Waals surface area contributed by atoms with Gasteiger partial charge < -0.3 is 15.2 Å². The van der Waals surface area contributed by atoms with Gasteiger partial charge in [-0.1, -0.05) is 11.2 Å². The molecule has 0 aliphatic heterocycles. The summed E-state index contributed by atoms with van der Waals surface area (Å²) in [5, 5.41) is 37.5. The fourth-order valence-corrected chi connectivity index (χ4v) is 4.12. The zero-order valence-corrected chi connectivity index (χ0v) is 20.2. The van der Waals surface area contributed by atoms with Gasteiger partial charge in [0.25, 0.3) is 17.3 Å². The summed E-state index contributed by atoms with van der Waals surface area (Å²) in [7, 11) is 0. The number of nitrogens with one attached hydrogen (secondary N) is 1. The minimum Gasteiger partial charge on any atom is -0.391 e. The highest BCUT2D eigenvalue weighted by molar-refractivity contribution is 8.11. The number of amides is 1. The number of hydrogen-bond donors (Lipinski definition) is 3. The summed E-state index contributed by atoms with van der Waals surface area (Å²) in [5.41, 5.74) is 8.57. The van der Waals surface area contributed by atoms with Crippen LogP contribution in [0.1, 0.15) is 34.8 Å². The van der Waals surface area contributed by atoms with Crippen LogP contribution in [-0.2, 0) is 18.0 Å². The van der Waals surface area contributed by atoms with Crippen molar-refractivity contribution in [2.75, 3.05) is 12.4 Å². The smallest absolute Gasteiger partial charge is 0.282 e. The Kier molecular flexibility index (Phi) is 10.3. The lowest BCUT2D eigenvalue weighted by Gasteiger charge is -2.24. The number of benzene rings is 2. The first-order chi connectivity index (χ1) is 16.6. The minimum absolute atomic E-state index is 0.0604. The number of nitro benzene ring substituents is 2. The van der Waals surface area contributed by atoms with E-state index in [9.17, 15) is 30.1 Å². The molecule has 1 atom stereocenters. The molecule has 0 radical (unpaired) electrons. The van der Waals surface area contributed by atoms with E-state index in [2.05, 4.69) is 28.0 Å². The molecule has 0 heterocycles. The summed E-state index contributed by atoms with van der Waals surface area (Å²) < 4.78 is 4.48. The number of rotatable bonds is 13. The summed E-state index contributed by atoms with van der Waals surface area (Å²) in [6, 6.07) is 7.94. The maximum absolute atomic E-state index is 12.7. The lowest BCUT2D eigenvalue weighted by atomic mass is 10.1. The van der Waals surface area contributed by atoms with Gasteiger partial charge in [0.15, 0.2) is 0 Å². The average molecular weight is 523 g/mol. The second-order valence-electron chi connectivity index (χ2n) is 7.22. The molecule has 0 spiro atoms. The van der Waals surface area contributed by atoms with Crippen LogP contribution in [0.15, 0.2) is 41.5 Å². The molecule has 2 N–H and O–H groups in total. The van der Waals surface area contributed by atoms with Crippen molar-refractivity contribution in [1.82, 2.24) is 5.32 Å². The number of carbonyl (C=O) groups excluding carboxylic acids is 1. The van der Waals surface area contributed by atoms with E-state index in [4.69, 9.17) is 10.3 Å². The van der Waals surface area contributed by atoms with E-state index < -0.39 is 32.3 Å². The molecule has 2 aromatic rings. The SMILES string of the molecule is CC(S)(NC(=O)c1cc(N=[N+]=[N-])ccc1[N+](=O)[O-])SCCCOCc1ccc(CO)c([N+](=O)[O-])c1. The summed E-state index contributed by atoms with van der Waals surface area (Å²) in [6.45, 7) is 1.67. The highest BCUT2D eigenvalue weighted by atomic mass is 32.2. The van der Waals surface area contributed by atoms with Crippen molar-refractivity contribution in [1.29, 1.82) is 0 Å². The number of ether oxygens (including phenoxy) is 1. The summed E-state index contributed by atoms with van der Waals surface area (Å²) in [4.78, 5) is 36.3. The second kappa shape index (κ2) is 12.9. The molecule has 0 aliphatic carbocycles. The Labute approximate surface area is 209 Å². The van der Waals surface area contributed by atoms with E-state index in [0.717, 1.165) is 12.1 Å². The molecule has 2 aromatic carbocycles. The third kappa shape index (κ3) is 8.42. The van der Waals surface area contributed by atoms with E-state index in [1.54, 1.807) is 13.0 Å². The molecule has 0 saturated heterocycles. The van der Waals surface area contributed by atoms with Gasteiger partial charge in [0.2, 0.25) is 0 Å². The zero-order chi connectivity index (χ0) is 26.0. The predicted octanol–water partition coefficient (Wildman–Crippen LogP) is 4.61. The highest BCUT2D eigenvalue weighted by Crippen LogP contribution is 2.30. The molecule has 186 valence electrons. The number of nitro groups is 2. The molecule has 1 amide bonds. The molecule has 0 bridgehead atoms. The van der Waals surface area contributed by atoms with Crippen molar-refractivity contribution in [3.05, 3.63) is 83.8 Å². The molecule has 35 heavy (non-hydrogen) atoms. The lowest BCUT2D eigenvalue weighted by molar-refractivity contribution is -0.386. The van der Waals surface area contributed by atoms with Crippen molar-refractivity contribution in [3.63, 3.8) is 0 Å². The molecule has 13 nitrogen and oxygen atoms in total. The van der Waals surface area contributed by atoms with Crippen LogP contribution in [-0.4, -0.2) is 37.4 Å². The van der Waals surface area contributed by atoms with Gasteiger partial charge in [-0.05, 0) is 48.4 Å². The summed E-state index contributed by atoms with van der Waals surface area (Å²) >= 11 is 5.69. The number of hydrogen-bond acceptors (Lipinski definition) is 10. The fraction of sp³-hybridized carbons (Fsp3) is 0.350. The zero-order valence-electron chi connectivity index (χ0n) is 18.5. The maximum atomic E-state index is 12.7. The van der Waals surface area contributed by atoms with Crippen molar-refractivity contribution in [2.45, 2.75) is 30.8 Å². The van der Waals surface area contributed by atoms with Crippen molar-refractivity contribution in [3.8, 4) is 0 Å². The first-order valence-electron chi connectivity index (χ1n) is 10.0. The van der Waals surface area contributed by atoms with E-state index >= 15 is 0 Å². The molecule has 0 aromatic heterocycles. The van der Waals surface area contributed by atoms with Gasteiger partial charge in [-0.2, -0.15) is 0 Å². The van der Waals surface area contributed by atoms with Gasteiger partial charge in [-0.15, -0.1) is 24.4 Å². The number of nitrogens with zero attached hydrogens (tertiary/aromatic N) is 5. The topological polar surface area (TPSA) is 194 Å². The average Bonchev–Trinajstić information content (AvgIpc) is 2.80. The van der Waals surface area contributed by atoms with Gasteiger partial charge >= 0.3 is 0 Å². The van der Waals surface area contributed by atoms with E-state index in [-0.39, 0.29) is 29.1 Å². The molecule has 15 heteroatoms. The van der Waals surface area contributed by atoms with Crippen molar-refractivity contribution < 1.29 is 24.5 Å². The van der Waals surface area contributed by atoms with Crippen LogP contribution in [0.4, 0.5) is 17.1 Å². The van der Waals surface area contributed by atoms with Crippen LogP contribution in [0.25, 0.3) is 10.4 Å². The van der Waals surface area contributed by atoms with Crippen LogP contribution < -0.4 is 5.32 Å². The third-order valence-electron chi connectivity index (χ3n) is 4.53. The summed E-state index contributed by atoms with van der Waals surface area (Å²) in [5.74, 6) is -0.231. The maximum Gasteiger partial charge on any atom is 0.282 e. The number of azide groups is 1. The normalized spacial score (nSPS) is 12.3. The number of aliphatic hydroxyl groups excluding tert-OH is 1. The Morgan fingerprint density at radius 1 is 1.26 bits per heavy atom. The lowest BCUT2D eigenvalue weighted by Crippen LogP contribution is -2.39. The van der Waals surface area contributed by atoms with Gasteiger partial charge in [0, 0.05) is 29.3 Å². The first kappa shape index (κ1) is 27.9. The Balaban J connectivity index is 1.86. The van der Waals surface area contributed by atoms with Gasteiger partial charge in [0.1, 0.15) is 9.77 Å². The molecule has 0 saturated carbocycles. The quantitative estimate of drug-likeness (QED) is 0.0495. The molecule has 2 rings (SSSR count). The third-order valence-corrected chi connectivity index (χ3v) is 6.18. The van der Waals surface area contributed by atoms with Crippen LogP contribution in [0, 0.1) is 20.2 Å². The number of thiol groups is 1. The number of aliphatic hydroxyl groups is 1. The van der Waals surface area contributed by atoms with Gasteiger partial charge in [-0.25, -0.2) is 0 Å². The van der Waals surface area contributed by atoms with E-state index in [0.29, 0.717) is 24.3 Å². The van der Waals surface area contributed by atoms with Crippen LogP contribution >= 0.6 is 24.4 Å². The molecular weight excluding hydrogens is 500 g/mol. The Hall–Kier alpha value is -3.36. The highest BCUT2D eigenvalue weighted by Gasteiger charge is 2.27. The standard InChI is InChI=1S/C20H22N6O7S2/c1-20(34,22-19(28)16-10-15(23-24-21)5-6-17(16)25(29)30)35-8-2-7-33-12-13-3-4-14(11-27)18(9-13)26(31)32/h3-6,9-10,27,34H,2,7-8,11-12H2,1H3,(H,22,28). The predicted molar refractivity (Wildman–Crippen MR) is 133 cm³/mol. The van der Waals surface area contributed by atoms with Gasteiger partial charge in [0.05, 0.1) is 28.6 Å². The molecule has 0 aliphatic rings. The van der Waals surface area contributed by atoms with E-state index in [1.807, 2.05) is 0 Å². The van der Waals surface area contributed by atoms with Crippen molar-refractivity contribution >= 4 is 47.4 Å². The fourth-order valence-electron chi connectivity index (χ4n) is 2.92. The number of carbonyl (C=O) groups is 1. The monoisotopic (exact) mass is 522 g/mol.